The number of likely N-dealkylation sites (tertiary alicyclic amines) is 1. The quantitative estimate of drug-likeness (QED) is 0.797. The van der Waals surface area contributed by atoms with Gasteiger partial charge in [0.15, 0.2) is 0 Å². The fourth-order valence-corrected chi connectivity index (χ4v) is 2.57. The second-order valence-electron chi connectivity index (χ2n) is 6.04. The van der Waals surface area contributed by atoms with Crippen molar-refractivity contribution in [2.24, 2.45) is 5.92 Å². The number of nitrogens with zero attached hydrogens (tertiary/aromatic N) is 1. The van der Waals surface area contributed by atoms with Gasteiger partial charge in [-0.25, -0.2) is 18.4 Å². The molecule has 0 aromatic rings. The maximum absolute atomic E-state index is 13.5. The molecule has 1 heterocycles. The first-order valence-corrected chi connectivity index (χ1v) is 6.17. The van der Waals surface area contributed by atoms with Gasteiger partial charge in [-0.05, 0) is 33.6 Å². The third-order valence-corrected chi connectivity index (χ3v) is 3.44. The number of carbonyl (C=O) groups excluding carboxylic acids is 1. The minimum Gasteiger partial charge on any atom is -0.480 e. The van der Waals surface area contributed by atoms with Gasteiger partial charge in [0.1, 0.15) is 17.7 Å². The van der Waals surface area contributed by atoms with Crippen molar-refractivity contribution < 1.29 is 28.2 Å². The van der Waals surface area contributed by atoms with Crippen molar-refractivity contribution >= 4 is 12.1 Å². The average molecular weight is 277 g/mol. The molecule has 0 aromatic carbocycles. The van der Waals surface area contributed by atoms with Gasteiger partial charge in [0.05, 0.1) is 5.92 Å². The van der Waals surface area contributed by atoms with E-state index in [1.807, 2.05) is 0 Å². The lowest BCUT2D eigenvalue weighted by Gasteiger charge is -2.33. The number of ether oxygens (including phenoxy) is 1. The molecule has 3 atom stereocenters. The van der Waals surface area contributed by atoms with E-state index < -0.39 is 41.6 Å². The van der Waals surface area contributed by atoms with Crippen LogP contribution in [0, 0.1) is 5.92 Å². The van der Waals surface area contributed by atoms with Gasteiger partial charge in [-0.1, -0.05) is 0 Å². The predicted molar refractivity (Wildman–Crippen MR) is 61.0 cm³/mol. The molecule has 1 aliphatic heterocycles. The van der Waals surface area contributed by atoms with Gasteiger partial charge in [0, 0.05) is 0 Å². The summed E-state index contributed by atoms with van der Waals surface area (Å²) < 4.78 is 32.1. The first-order chi connectivity index (χ1) is 8.55. The molecule has 108 valence electrons. The van der Waals surface area contributed by atoms with Crippen molar-refractivity contribution in [3.63, 3.8) is 0 Å². The molecule has 2 aliphatic rings. The Labute approximate surface area is 109 Å². The number of halogens is 2. The van der Waals surface area contributed by atoms with Gasteiger partial charge in [-0.2, -0.15) is 0 Å². The fourth-order valence-electron chi connectivity index (χ4n) is 2.57. The lowest BCUT2D eigenvalue weighted by atomic mass is 10.0. The number of aliphatic carboxylic acids is 1. The van der Waals surface area contributed by atoms with Gasteiger partial charge in [0.25, 0.3) is 5.92 Å². The Morgan fingerprint density at radius 1 is 1.32 bits per heavy atom. The Morgan fingerprint density at radius 2 is 1.89 bits per heavy atom. The van der Waals surface area contributed by atoms with Crippen LogP contribution in [0.25, 0.3) is 0 Å². The minimum absolute atomic E-state index is 0.0331. The van der Waals surface area contributed by atoms with Crippen LogP contribution in [0.5, 0.6) is 0 Å². The highest BCUT2D eigenvalue weighted by atomic mass is 19.3. The maximum Gasteiger partial charge on any atom is 0.411 e. The molecule has 1 aliphatic carbocycles. The highest BCUT2D eigenvalue weighted by Crippen LogP contribution is 2.58. The van der Waals surface area contributed by atoms with Crippen molar-refractivity contribution in [1.82, 2.24) is 4.90 Å². The van der Waals surface area contributed by atoms with Crippen LogP contribution in [0.2, 0.25) is 0 Å². The number of carbonyl (C=O) groups is 2. The smallest absolute Gasteiger partial charge is 0.411 e. The molecule has 0 spiro atoms. The van der Waals surface area contributed by atoms with Gasteiger partial charge in [0.2, 0.25) is 0 Å². The monoisotopic (exact) mass is 277 g/mol. The molecule has 2 rings (SSSR count). The molecule has 0 bridgehead atoms. The molecule has 19 heavy (non-hydrogen) atoms. The Hall–Kier alpha value is -1.40. The summed E-state index contributed by atoms with van der Waals surface area (Å²) in [5.41, 5.74) is -0.850. The predicted octanol–water partition coefficient (Wildman–Crippen LogP) is 2.10. The number of carboxylic acid groups (broad SMARTS) is 1. The third kappa shape index (κ3) is 2.37. The molecule has 7 heteroatoms. The molecular formula is C12H17F2NO4. The standard InChI is InChI=1S/C12H17F2NO4/c1-11(2,3)19-10(18)15-7(9(16)17)5-4-6-8(15)12(6,13)14/h6-8H,4-5H2,1-3H3,(H,16,17). The molecule has 1 saturated carbocycles. The van der Waals surface area contributed by atoms with Crippen molar-refractivity contribution in [3.8, 4) is 0 Å². The van der Waals surface area contributed by atoms with E-state index in [1.165, 1.54) is 0 Å². The van der Waals surface area contributed by atoms with Gasteiger partial charge >= 0.3 is 12.1 Å². The van der Waals surface area contributed by atoms with E-state index in [9.17, 15) is 18.4 Å². The number of fused-ring (bicyclic) bond motifs is 1. The minimum atomic E-state index is -3.00. The van der Waals surface area contributed by atoms with Crippen molar-refractivity contribution in [3.05, 3.63) is 0 Å². The zero-order valence-corrected chi connectivity index (χ0v) is 11.0. The van der Waals surface area contributed by atoms with Gasteiger partial charge < -0.3 is 9.84 Å². The summed E-state index contributed by atoms with van der Waals surface area (Å²) in [6, 6.07) is -2.57. The van der Waals surface area contributed by atoms with Crippen molar-refractivity contribution in [2.75, 3.05) is 0 Å². The number of alkyl halides is 2. The van der Waals surface area contributed by atoms with E-state index in [1.54, 1.807) is 20.8 Å². The van der Waals surface area contributed by atoms with Crippen molar-refractivity contribution in [2.45, 2.75) is 57.2 Å². The SMILES string of the molecule is CC(C)(C)OC(=O)N1C(C(=O)O)CCC2C1C2(F)F. The molecule has 5 nitrogen and oxygen atoms in total. The van der Waals surface area contributed by atoms with Crippen LogP contribution in [0.1, 0.15) is 33.6 Å². The highest BCUT2D eigenvalue weighted by molar-refractivity contribution is 5.81. The van der Waals surface area contributed by atoms with Crippen LogP contribution in [0.4, 0.5) is 13.6 Å². The van der Waals surface area contributed by atoms with E-state index in [0.29, 0.717) is 4.90 Å². The summed E-state index contributed by atoms with van der Waals surface area (Å²) in [5, 5.41) is 9.07. The molecule has 1 saturated heterocycles. The number of hydrogen-bond acceptors (Lipinski definition) is 3. The summed E-state index contributed by atoms with van der Waals surface area (Å²) in [7, 11) is 0. The fraction of sp³-hybridized carbons (Fsp3) is 0.833. The lowest BCUT2D eigenvalue weighted by Crippen LogP contribution is -2.51. The zero-order valence-electron chi connectivity index (χ0n) is 11.0. The van der Waals surface area contributed by atoms with Crippen LogP contribution in [0.3, 0.4) is 0 Å². The van der Waals surface area contributed by atoms with E-state index in [4.69, 9.17) is 9.84 Å². The number of rotatable bonds is 1. The normalized spacial score (nSPS) is 32.5. The average Bonchev–Trinajstić information content (AvgIpc) is 2.78. The molecule has 3 unspecified atom stereocenters. The number of piperidine rings is 1. The first kappa shape index (κ1) is 14.0. The van der Waals surface area contributed by atoms with Crippen molar-refractivity contribution in [1.29, 1.82) is 0 Å². The third-order valence-electron chi connectivity index (χ3n) is 3.44. The van der Waals surface area contributed by atoms with E-state index in [-0.39, 0.29) is 12.8 Å². The van der Waals surface area contributed by atoms with Crippen LogP contribution in [-0.2, 0) is 9.53 Å². The topological polar surface area (TPSA) is 66.8 Å². The van der Waals surface area contributed by atoms with Gasteiger partial charge in [-0.3, -0.25) is 4.90 Å². The summed E-state index contributed by atoms with van der Waals surface area (Å²) in [6.45, 7) is 4.81. The molecule has 1 amide bonds. The van der Waals surface area contributed by atoms with Crippen LogP contribution in [-0.4, -0.2) is 45.7 Å². The Balaban J connectivity index is 2.22. The molecule has 0 aromatic heterocycles. The van der Waals surface area contributed by atoms with E-state index >= 15 is 0 Å². The van der Waals surface area contributed by atoms with Crippen LogP contribution in [0.15, 0.2) is 0 Å². The Bertz CT molecular complexity index is 418. The molecular weight excluding hydrogens is 260 g/mol. The van der Waals surface area contributed by atoms with E-state index in [0.717, 1.165) is 0 Å². The van der Waals surface area contributed by atoms with Crippen LogP contribution < -0.4 is 0 Å². The van der Waals surface area contributed by atoms with E-state index in [2.05, 4.69) is 0 Å². The number of hydrogen-bond donors (Lipinski definition) is 1. The van der Waals surface area contributed by atoms with Gasteiger partial charge in [-0.15, -0.1) is 0 Å². The Morgan fingerprint density at radius 3 is 2.37 bits per heavy atom. The summed E-state index contributed by atoms with van der Waals surface area (Å²) in [4.78, 5) is 23.8. The summed E-state index contributed by atoms with van der Waals surface area (Å²) >= 11 is 0. The first-order valence-electron chi connectivity index (χ1n) is 6.17. The molecule has 0 radical (unpaired) electrons. The molecule has 1 N–H and O–H groups in total. The highest BCUT2D eigenvalue weighted by Gasteiger charge is 2.74. The second-order valence-corrected chi connectivity index (χ2v) is 6.04. The lowest BCUT2D eigenvalue weighted by molar-refractivity contribution is -0.144. The molecule has 2 fully saturated rings. The zero-order chi connectivity index (χ0) is 14.6. The second kappa shape index (κ2) is 4.05. The largest absolute Gasteiger partial charge is 0.480 e. The Kier molecular flexibility index (Phi) is 2.98. The number of carboxylic acids is 1. The summed E-state index contributed by atoms with van der Waals surface area (Å²) in [6.07, 6.45) is -0.828. The maximum atomic E-state index is 13.5. The number of amides is 1. The van der Waals surface area contributed by atoms with Crippen LogP contribution >= 0.6 is 0 Å². The summed E-state index contributed by atoms with van der Waals surface area (Å²) in [5.74, 6) is -5.20.